The predicted octanol–water partition coefficient (Wildman–Crippen LogP) is 2.32. The fourth-order valence-corrected chi connectivity index (χ4v) is 4.20. The van der Waals surface area contributed by atoms with Gasteiger partial charge >= 0.3 is 11.7 Å². The minimum Gasteiger partial charge on any atom is -0.465 e. The molecule has 4 rings (SSSR count). The monoisotopic (exact) mass is 450 g/mol. The standard InChI is InChI=1S/C24H26N4O5/c1-12-8-13(2)20(14(3)9-12)26-18(29)11-28-22(30)19-16(23(31)33-5)10-17(15-6-7-15)25-21(19)27(4)24(28)32/h8-10,15H,6-7,11H2,1-5H3,(H,26,29). The molecule has 1 amide bonds. The Morgan fingerprint density at radius 1 is 1.12 bits per heavy atom. The van der Waals surface area contributed by atoms with E-state index in [1.807, 2.05) is 32.9 Å². The van der Waals surface area contributed by atoms with Crippen LogP contribution in [0.5, 0.6) is 0 Å². The second-order valence-electron chi connectivity index (χ2n) is 8.61. The van der Waals surface area contributed by atoms with E-state index in [0.717, 1.165) is 34.1 Å². The third-order valence-corrected chi connectivity index (χ3v) is 5.96. The van der Waals surface area contributed by atoms with Gasteiger partial charge in [0, 0.05) is 24.3 Å². The third-order valence-electron chi connectivity index (χ3n) is 5.96. The average molecular weight is 450 g/mol. The average Bonchev–Trinajstić information content (AvgIpc) is 3.61. The van der Waals surface area contributed by atoms with Crippen molar-refractivity contribution >= 4 is 28.6 Å². The van der Waals surface area contributed by atoms with Crippen LogP contribution in [-0.2, 0) is 23.1 Å². The van der Waals surface area contributed by atoms with Gasteiger partial charge in [-0.25, -0.2) is 14.6 Å². The lowest BCUT2D eigenvalue weighted by Crippen LogP contribution is -2.42. The lowest BCUT2D eigenvalue weighted by molar-refractivity contribution is -0.116. The van der Waals surface area contributed by atoms with Gasteiger partial charge in [-0.1, -0.05) is 17.7 Å². The summed E-state index contributed by atoms with van der Waals surface area (Å²) in [5.74, 6) is -1.02. The van der Waals surface area contributed by atoms with E-state index in [-0.39, 0.29) is 22.5 Å². The normalized spacial score (nSPS) is 13.2. The van der Waals surface area contributed by atoms with E-state index in [2.05, 4.69) is 10.3 Å². The van der Waals surface area contributed by atoms with Crippen LogP contribution in [-0.4, -0.2) is 33.1 Å². The van der Waals surface area contributed by atoms with E-state index >= 15 is 0 Å². The molecule has 0 unspecified atom stereocenters. The molecule has 0 aliphatic heterocycles. The van der Waals surface area contributed by atoms with Crippen molar-refractivity contribution in [2.75, 3.05) is 12.4 Å². The molecule has 3 aromatic rings. The van der Waals surface area contributed by atoms with Gasteiger partial charge in [0.25, 0.3) is 5.56 Å². The molecular weight excluding hydrogens is 424 g/mol. The Hall–Kier alpha value is -3.75. The topological polar surface area (TPSA) is 112 Å². The SMILES string of the molecule is COC(=O)c1cc(C2CC2)nc2c1c(=O)n(CC(=O)Nc1c(C)cc(C)cc1C)c(=O)n2C. The molecule has 0 atom stereocenters. The number of nitrogens with one attached hydrogen (secondary N) is 1. The van der Waals surface area contributed by atoms with E-state index in [0.29, 0.717) is 11.4 Å². The summed E-state index contributed by atoms with van der Waals surface area (Å²) in [5, 5.41) is 2.76. The minimum atomic E-state index is -0.754. The van der Waals surface area contributed by atoms with Crippen molar-refractivity contribution in [1.82, 2.24) is 14.1 Å². The van der Waals surface area contributed by atoms with Crippen LogP contribution in [0.15, 0.2) is 27.8 Å². The van der Waals surface area contributed by atoms with Crippen molar-refractivity contribution in [3.8, 4) is 0 Å². The van der Waals surface area contributed by atoms with Gasteiger partial charge in [-0.3, -0.25) is 18.7 Å². The summed E-state index contributed by atoms with van der Waals surface area (Å²) in [7, 11) is 2.70. The van der Waals surface area contributed by atoms with Crippen molar-refractivity contribution in [2.45, 2.75) is 46.1 Å². The lowest BCUT2D eigenvalue weighted by Gasteiger charge is -2.15. The minimum absolute atomic E-state index is 0.0381. The van der Waals surface area contributed by atoms with Gasteiger partial charge in [-0.05, 0) is 50.8 Å². The summed E-state index contributed by atoms with van der Waals surface area (Å²) in [6.45, 7) is 5.22. The first kappa shape index (κ1) is 22.4. The molecule has 1 aliphatic rings. The summed E-state index contributed by atoms with van der Waals surface area (Å²) in [4.78, 5) is 56.1. The van der Waals surface area contributed by atoms with E-state index in [1.54, 1.807) is 6.07 Å². The van der Waals surface area contributed by atoms with Gasteiger partial charge < -0.3 is 10.1 Å². The van der Waals surface area contributed by atoms with Gasteiger partial charge in [-0.15, -0.1) is 0 Å². The number of esters is 1. The van der Waals surface area contributed by atoms with Crippen LogP contribution in [0, 0.1) is 20.8 Å². The second kappa shape index (κ2) is 8.31. The summed E-state index contributed by atoms with van der Waals surface area (Å²) in [5.41, 5.74) is 2.83. The molecule has 1 N–H and O–H groups in total. The number of nitrogens with zero attached hydrogens (tertiary/aromatic N) is 3. The number of benzene rings is 1. The second-order valence-corrected chi connectivity index (χ2v) is 8.61. The molecular formula is C24H26N4O5. The van der Waals surface area contributed by atoms with Gasteiger partial charge in [0.15, 0.2) is 0 Å². The Bertz CT molecular complexity index is 1410. The first-order valence-electron chi connectivity index (χ1n) is 10.7. The predicted molar refractivity (Wildman–Crippen MR) is 124 cm³/mol. The molecule has 0 radical (unpaired) electrons. The van der Waals surface area contributed by atoms with Crippen LogP contribution in [0.3, 0.4) is 0 Å². The fraction of sp³-hybridized carbons (Fsp3) is 0.375. The summed E-state index contributed by atoms with van der Waals surface area (Å²) < 4.78 is 6.90. The van der Waals surface area contributed by atoms with E-state index in [9.17, 15) is 19.2 Å². The van der Waals surface area contributed by atoms with Crippen LogP contribution < -0.4 is 16.6 Å². The molecule has 1 saturated carbocycles. The van der Waals surface area contributed by atoms with Crippen molar-refractivity contribution in [3.63, 3.8) is 0 Å². The van der Waals surface area contributed by atoms with Gasteiger partial charge in [0.1, 0.15) is 12.2 Å². The summed E-state index contributed by atoms with van der Waals surface area (Å²) in [6.07, 6.45) is 1.87. The number of carbonyl (C=O) groups is 2. The smallest absolute Gasteiger partial charge is 0.338 e. The number of anilines is 1. The van der Waals surface area contributed by atoms with Crippen LogP contribution in [0.4, 0.5) is 5.69 Å². The van der Waals surface area contributed by atoms with E-state index in [4.69, 9.17) is 4.74 Å². The molecule has 1 aromatic carbocycles. The molecule has 2 heterocycles. The van der Waals surface area contributed by atoms with Crippen molar-refractivity contribution in [3.05, 3.63) is 67.0 Å². The Kier molecular flexibility index (Phi) is 5.65. The Morgan fingerprint density at radius 3 is 2.33 bits per heavy atom. The maximum absolute atomic E-state index is 13.3. The first-order chi connectivity index (χ1) is 15.6. The molecule has 9 nitrogen and oxygen atoms in total. The van der Waals surface area contributed by atoms with Crippen LogP contribution in [0.2, 0.25) is 0 Å². The number of fused-ring (bicyclic) bond motifs is 1. The number of pyridine rings is 1. The summed E-state index contributed by atoms with van der Waals surface area (Å²) in [6, 6.07) is 5.44. The van der Waals surface area contributed by atoms with Crippen molar-refractivity contribution in [2.24, 2.45) is 7.05 Å². The third kappa shape index (κ3) is 4.06. The van der Waals surface area contributed by atoms with Crippen molar-refractivity contribution < 1.29 is 14.3 Å². The number of rotatable bonds is 5. The zero-order valence-corrected chi connectivity index (χ0v) is 19.3. The highest BCUT2D eigenvalue weighted by Gasteiger charge is 2.29. The molecule has 0 bridgehead atoms. The largest absolute Gasteiger partial charge is 0.465 e. The molecule has 0 spiro atoms. The highest BCUT2D eigenvalue weighted by molar-refractivity contribution is 6.02. The lowest BCUT2D eigenvalue weighted by atomic mass is 10.1. The van der Waals surface area contributed by atoms with Crippen molar-refractivity contribution in [1.29, 1.82) is 0 Å². The van der Waals surface area contributed by atoms with Crippen LogP contribution >= 0.6 is 0 Å². The molecule has 9 heteroatoms. The molecule has 0 saturated heterocycles. The van der Waals surface area contributed by atoms with Gasteiger partial charge in [-0.2, -0.15) is 0 Å². The van der Waals surface area contributed by atoms with Crippen LogP contribution in [0.25, 0.3) is 11.0 Å². The number of ether oxygens (including phenoxy) is 1. The summed E-state index contributed by atoms with van der Waals surface area (Å²) >= 11 is 0. The molecule has 33 heavy (non-hydrogen) atoms. The molecule has 1 aliphatic carbocycles. The highest BCUT2D eigenvalue weighted by Crippen LogP contribution is 2.39. The van der Waals surface area contributed by atoms with E-state index < -0.39 is 29.7 Å². The fourth-order valence-electron chi connectivity index (χ4n) is 4.20. The van der Waals surface area contributed by atoms with E-state index in [1.165, 1.54) is 18.7 Å². The first-order valence-corrected chi connectivity index (χ1v) is 10.7. The number of aryl methyl sites for hydroxylation is 4. The number of amides is 1. The number of methoxy groups -OCH3 is 1. The number of hydrogen-bond acceptors (Lipinski definition) is 6. The quantitative estimate of drug-likeness (QED) is 0.597. The number of aromatic nitrogens is 3. The van der Waals surface area contributed by atoms with Gasteiger partial charge in [0.2, 0.25) is 5.91 Å². The molecule has 1 fully saturated rings. The number of hydrogen-bond donors (Lipinski definition) is 1. The van der Waals surface area contributed by atoms with Gasteiger partial charge in [0.05, 0.1) is 18.1 Å². The highest BCUT2D eigenvalue weighted by atomic mass is 16.5. The Labute approximate surface area is 190 Å². The van der Waals surface area contributed by atoms with Crippen LogP contribution in [0.1, 0.15) is 51.5 Å². The zero-order valence-electron chi connectivity index (χ0n) is 19.3. The number of carbonyl (C=O) groups excluding carboxylic acids is 2. The Balaban J connectivity index is 1.81. The molecule has 2 aromatic heterocycles. The maximum atomic E-state index is 13.3. The Morgan fingerprint density at radius 2 is 1.76 bits per heavy atom. The zero-order chi connectivity index (χ0) is 24.0. The molecule has 172 valence electrons. The maximum Gasteiger partial charge on any atom is 0.338 e.